The first-order chi connectivity index (χ1) is 16.3. The molecule has 7 heteroatoms. The van der Waals surface area contributed by atoms with Gasteiger partial charge in [0, 0.05) is 6.42 Å². The van der Waals surface area contributed by atoms with Crippen LogP contribution in [-0.4, -0.2) is 41.9 Å². The van der Waals surface area contributed by atoms with Crippen molar-refractivity contribution in [3.05, 3.63) is 24.3 Å². The standard InChI is InChI=1S/C27H51NO5S/c1-3-5-7-9-11-13-15-16-18-20-22-26(29)25(24-34(31,32)33)28-27(30)23-21-19-17-14-12-10-8-6-4-2/h13,15,20,22,25-26,29H,3-12,14,16-19,21,23-24H2,1-2H3,(H,28,30)(H,31,32,33)/b15-13+,22-20+. The van der Waals surface area contributed by atoms with E-state index in [4.69, 9.17) is 0 Å². The molecule has 0 saturated carbocycles. The number of amides is 1. The van der Waals surface area contributed by atoms with Crippen molar-refractivity contribution in [3.63, 3.8) is 0 Å². The number of unbranched alkanes of at least 4 members (excludes halogenated alkanes) is 13. The van der Waals surface area contributed by atoms with E-state index in [-0.39, 0.29) is 12.3 Å². The van der Waals surface area contributed by atoms with Crippen LogP contribution in [0, 0.1) is 0 Å². The van der Waals surface area contributed by atoms with E-state index in [1.165, 1.54) is 70.3 Å². The van der Waals surface area contributed by atoms with Crippen molar-refractivity contribution in [1.82, 2.24) is 5.32 Å². The van der Waals surface area contributed by atoms with E-state index in [1.807, 2.05) is 0 Å². The number of aliphatic hydroxyl groups is 1. The molecule has 0 bridgehead atoms. The van der Waals surface area contributed by atoms with Crippen molar-refractivity contribution in [3.8, 4) is 0 Å². The molecule has 0 saturated heterocycles. The van der Waals surface area contributed by atoms with Crippen molar-refractivity contribution in [1.29, 1.82) is 0 Å². The van der Waals surface area contributed by atoms with Crippen LogP contribution in [0.25, 0.3) is 0 Å². The summed E-state index contributed by atoms with van der Waals surface area (Å²) in [5.41, 5.74) is 0. The van der Waals surface area contributed by atoms with Crippen molar-refractivity contribution < 1.29 is 22.9 Å². The van der Waals surface area contributed by atoms with Gasteiger partial charge in [0.2, 0.25) is 5.91 Å². The summed E-state index contributed by atoms with van der Waals surface area (Å²) < 4.78 is 31.9. The molecule has 3 N–H and O–H groups in total. The predicted octanol–water partition coefficient (Wildman–Crippen LogP) is 6.50. The third kappa shape index (κ3) is 22.6. The average molecular weight is 502 g/mol. The molecule has 200 valence electrons. The summed E-state index contributed by atoms with van der Waals surface area (Å²) in [7, 11) is -4.33. The topological polar surface area (TPSA) is 104 Å². The summed E-state index contributed by atoms with van der Waals surface area (Å²) in [6.45, 7) is 4.40. The molecule has 0 radical (unpaired) electrons. The molecule has 0 aromatic heterocycles. The lowest BCUT2D eigenvalue weighted by Gasteiger charge is -2.21. The molecule has 0 aliphatic heterocycles. The molecule has 2 atom stereocenters. The van der Waals surface area contributed by atoms with E-state index < -0.39 is 28.0 Å². The smallest absolute Gasteiger partial charge is 0.267 e. The molecule has 0 spiro atoms. The highest BCUT2D eigenvalue weighted by Gasteiger charge is 2.24. The van der Waals surface area contributed by atoms with Gasteiger partial charge >= 0.3 is 0 Å². The number of carbonyl (C=O) groups excluding carboxylic acids is 1. The van der Waals surface area contributed by atoms with Crippen molar-refractivity contribution >= 4 is 16.0 Å². The highest BCUT2D eigenvalue weighted by atomic mass is 32.2. The minimum absolute atomic E-state index is 0.289. The van der Waals surface area contributed by atoms with Crippen molar-refractivity contribution in [2.75, 3.05) is 5.75 Å². The minimum Gasteiger partial charge on any atom is -0.387 e. The van der Waals surface area contributed by atoms with Gasteiger partial charge in [-0.1, -0.05) is 109 Å². The zero-order valence-electron chi connectivity index (χ0n) is 21.7. The second-order valence-corrected chi connectivity index (χ2v) is 10.8. The molecule has 34 heavy (non-hydrogen) atoms. The first kappa shape index (κ1) is 32.8. The average Bonchev–Trinajstić information content (AvgIpc) is 2.77. The largest absolute Gasteiger partial charge is 0.387 e. The monoisotopic (exact) mass is 501 g/mol. The third-order valence-corrected chi connectivity index (χ3v) is 6.66. The van der Waals surface area contributed by atoms with Crippen LogP contribution < -0.4 is 5.32 Å². The van der Waals surface area contributed by atoms with Crippen LogP contribution in [0.2, 0.25) is 0 Å². The Bertz CT molecular complexity index is 645. The molecule has 0 aromatic carbocycles. The van der Waals surface area contributed by atoms with Gasteiger partial charge in [0.1, 0.15) is 0 Å². The van der Waals surface area contributed by atoms with E-state index >= 15 is 0 Å². The second-order valence-electron chi connectivity index (χ2n) is 9.32. The van der Waals surface area contributed by atoms with Gasteiger partial charge in [-0.2, -0.15) is 8.42 Å². The van der Waals surface area contributed by atoms with Gasteiger partial charge in [0.25, 0.3) is 10.1 Å². The summed E-state index contributed by atoms with van der Waals surface area (Å²) in [6, 6.07) is -1.06. The maximum absolute atomic E-state index is 12.3. The van der Waals surface area contributed by atoms with E-state index in [0.717, 1.165) is 32.1 Å². The number of carbonyl (C=O) groups is 1. The Kier molecular flexibility index (Phi) is 21.5. The number of nitrogens with one attached hydrogen (secondary N) is 1. The predicted molar refractivity (Wildman–Crippen MR) is 142 cm³/mol. The van der Waals surface area contributed by atoms with Gasteiger partial charge in [-0.15, -0.1) is 0 Å². The Morgan fingerprint density at radius 1 is 0.765 bits per heavy atom. The molecule has 0 aliphatic rings. The van der Waals surface area contributed by atoms with Gasteiger partial charge in [0.15, 0.2) is 0 Å². The van der Waals surface area contributed by atoms with Crippen LogP contribution in [0.5, 0.6) is 0 Å². The summed E-state index contributed by atoms with van der Waals surface area (Å²) in [5, 5.41) is 13.0. The summed E-state index contributed by atoms with van der Waals surface area (Å²) in [6.07, 6.45) is 24.6. The van der Waals surface area contributed by atoms with Gasteiger partial charge < -0.3 is 10.4 Å². The van der Waals surface area contributed by atoms with E-state index in [0.29, 0.717) is 6.42 Å². The lowest BCUT2D eigenvalue weighted by molar-refractivity contribution is -0.122. The lowest BCUT2D eigenvalue weighted by atomic mass is 10.1. The Hall–Kier alpha value is -1.18. The Morgan fingerprint density at radius 2 is 1.26 bits per heavy atom. The summed E-state index contributed by atoms with van der Waals surface area (Å²) in [4.78, 5) is 12.3. The van der Waals surface area contributed by atoms with Crippen LogP contribution in [0.3, 0.4) is 0 Å². The second kappa shape index (κ2) is 22.3. The fourth-order valence-electron chi connectivity index (χ4n) is 3.81. The maximum atomic E-state index is 12.3. The SMILES string of the molecule is CCCCCC/C=C/CC/C=C/C(O)C(CS(=O)(=O)O)NC(=O)CCCCCCCCCCC. The van der Waals surface area contributed by atoms with Crippen LogP contribution in [0.15, 0.2) is 24.3 Å². The zero-order chi connectivity index (χ0) is 25.5. The number of allylic oxidation sites excluding steroid dienone is 3. The normalized spacial score (nSPS) is 14.1. The van der Waals surface area contributed by atoms with E-state index in [1.54, 1.807) is 6.08 Å². The highest BCUT2D eigenvalue weighted by molar-refractivity contribution is 7.85. The molecule has 1 amide bonds. The van der Waals surface area contributed by atoms with Crippen LogP contribution in [0.1, 0.15) is 123 Å². The molecule has 0 aliphatic carbocycles. The fourth-order valence-corrected chi connectivity index (χ4v) is 4.55. The number of rotatable bonds is 23. The van der Waals surface area contributed by atoms with E-state index in [9.17, 15) is 22.9 Å². The van der Waals surface area contributed by atoms with Gasteiger partial charge in [-0.05, 0) is 32.1 Å². The molecule has 0 aromatic rings. The van der Waals surface area contributed by atoms with Crippen molar-refractivity contribution in [2.24, 2.45) is 0 Å². The zero-order valence-corrected chi connectivity index (χ0v) is 22.5. The van der Waals surface area contributed by atoms with E-state index in [2.05, 4.69) is 31.3 Å². The van der Waals surface area contributed by atoms with Crippen LogP contribution in [0.4, 0.5) is 0 Å². The first-order valence-corrected chi connectivity index (χ1v) is 15.1. The number of hydrogen-bond acceptors (Lipinski definition) is 4. The lowest BCUT2D eigenvalue weighted by Crippen LogP contribution is -2.46. The highest BCUT2D eigenvalue weighted by Crippen LogP contribution is 2.11. The molecule has 2 unspecified atom stereocenters. The fraction of sp³-hybridized carbons (Fsp3) is 0.815. The molecule has 6 nitrogen and oxygen atoms in total. The van der Waals surface area contributed by atoms with Crippen LogP contribution in [-0.2, 0) is 14.9 Å². The Labute approximate surface area is 209 Å². The first-order valence-electron chi connectivity index (χ1n) is 13.5. The Morgan fingerprint density at radius 3 is 1.85 bits per heavy atom. The molecule has 0 heterocycles. The Balaban J connectivity index is 4.26. The van der Waals surface area contributed by atoms with Gasteiger partial charge in [-0.25, -0.2) is 0 Å². The number of hydrogen-bond donors (Lipinski definition) is 3. The number of aliphatic hydroxyl groups excluding tert-OH is 1. The quantitative estimate of drug-likeness (QED) is 0.0842. The van der Waals surface area contributed by atoms with Gasteiger partial charge in [-0.3, -0.25) is 9.35 Å². The van der Waals surface area contributed by atoms with Crippen LogP contribution >= 0.6 is 0 Å². The molecular weight excluding hydrogens is 450 g/mol. The molecular formula is C27H51NO5S. The summed E-state index contributed by atoms with van der Waals surface area (Å²) in [5.74, 6) is -1.00. The molecule has 0 rings (SSSR count). The molecule has 0 fully saturated rings. The minimum atomic E-state index is -4.33. The summed E-state index contributed by atoms with van der Waals surface area (Å²) >= 11 is 0. The van der Waals surface area contributed by atoms with Crippen molar-refractivity contribution in [2.45, 2.75) is 135 Å². The van der Waals surface area contributed by atoms with Gasteiger partial charge in [0.05, 0.1) is 17.9 Å². The third-order valence-electron chi connectivity index (χ3n) is 5.88. The maximum Gasteiger partial charge on any atom is 0.267 e.